The third-order valence-electron chi connectivity index (χ3n) is 10.7. The van der Waals surface area contributed by atoms with E-state index >= 15 is 0 Å². The van der Waals surface area contributed by atoms with Gasteiger partial charge >= 0.3 is 0 Å². The van der Waals surface area contributed by atoms with E-state index in [2.05, 4.69) is 97.1 Å². The Kier molecular flexibility index (Phi) is 6.77. The Hall–Kier alpha value is -6.23. The zero-order valence-corrected chi connectivity index (χ0v) is 28.9. The smallest absolute Gasteiger partial charge is 0.219 e. The van der Waals surface area contributed by atoms with Crippen molar-refractivity contribution in [1.29, 1.82) is 0 Å². The molecule has 0 saturated carbocycles. The topological polar surface area (TPSA) is 34.1 Å². The van der Waals surface area contributed by atoms with Crippen LogP contribution in [0.3, 0.4) is 0 Å². The van der Waals surface area contributed by atoms with Crippen LogP contribution in [0.25, 0.3) is 65.7 Å². The highest BCUT2D eigenvalue weighted by Gasteiger charge is 2.38. The maximum absolute atomic E-state index is 14.2. The van der Waals surface area contributed by atoms with E-state index in [0.29, 0.717) is 15.8 Å². The minimum absolute atomic E-state index is 0.184. The molecule has 9 aromatic rings. The van der Waals surface area contributed by atoms with Crippen molar-refractivity contribution < 1.29 is 9.79 Å². The van der Waals surface area contributed by atoms with E-state index in [0.717, 1.165) is 49.8 Å². The van der Waals surface area contributed by atoms with Gasteiger partial charge in [0.25, 0.3) is 0 Å². The lowest BCUT2D eigenvalue weighted by molar-refractivity contribution is 0.597. The van der Waals surface area contributed by atoms with Crippen LogP contribution in [0.2, 0.25) is 0 Å². The molecular weight excluding hydrogens is 651 g/mol. The number of sulfone groups is 1. The molecule has 0 fully saturated rings. The Bertz CT molecular complexity index is 3010. The summed E-state index contributed by atoms with van der Waals surface area (Å²) in [6.07, 6.45) is 0. The Morgan fingerprint density at radius 1 is 0.365 bits per heavy atom. The molecule has 0 radical (unpaired) electrons. The van der Waals surface area contributed by atoms with E-state index in [1.165, 1.54) is 32.3 Å². The van der Waals surface area contributed by atoms with Gasteiger partial charge in [0.2, 0.25) is 16.6 Å². The van der Waals surface area contributed by atoms with Crippen LogP contribution < -0.4 is 16.4 Å². The summed E-state index contributed by atoms with van der Waals surface area (Å²) in [5.41, 5.74) is 8.32. The highest BCUT2D eigenvalue weighted by molar-refractivity contribution is 7.92. The van der Waals surface area contributed by atoms with Crippen LogP contribution in [-0.2, 0) is 9.84 Å². The normalized spacial score (nSPS) is 13.5. The summed E-state index contributed by atoms with van der Waals surface area (Å²) in [7, 11) is -3.74. The Morgan fingerprint density at radius 3 is 1.52 bits per heavy atom. The van der Waals surface area contributed by atoms with Crippen molar-refractivity contribution >= 4 is 65.3 Å². The monoisotopic (exact) mass is 683 g/mol. The molecule has 0 unspecified atom stereocenters. The van der Waals surface area contributed by atoms with Gasteiger partial charge in [0.05, 0.1) is 11.2 Å². The summed E-state index contributed by atoms with van der Waals surface area (Å²) in [6.45, 7) is -0.184. The minimum Gasteiger partial charge on any atom is -0.219 e. The van der Waals surface area contributed by atoms with Gasteiger partial charge in [0, 0.05) is 0 Å². The second kappa shape index (κ2) is 11.9. The van der Waals surface area contributed by atoms with Gasteiger partial charge in [-0.2, -0.15) is 0 Å². The average molecular weight is 684 g/mol. The summed E-state index contributed by atoms with van der Waals surface area (Å²) in [5, 5.41) is 7.32. The van der Waals surface area contributed by atoms with Gasteiger partial charge < -0.3 is 0 Å². The van der Waals surface area contributed by atoms with Crippen molar-refractivity contribution in [2.24, 2.45) is 0 Å². The Balaban J connectivity index is 1.07. The van der Waals surface area contributed by atoms with E-state index in [9.17, 15) is 8.42 Å². The predicted octanol–water partition coefficient (Wildman–Crippen LogP) is 9.81. The first kappa shape index (κ1) is 29.5. The predicted molar refractivity (Wildman–Crippen MR) is 218 cm³/mol. The lowest BCUT2D eigenvalue weighted by atomic mass is 9.36. The second-order valence-electron chi connectivity index (χ2n) is 13.6. The fourth-order valence-electron chi connectivity index (χ4n) is 8.21. The fourth-order valence-corrected chi connectivity index (χ4v) is 9.98. The van der Waals surface area contributed by atoms with Gasteiger partial charge in [0.15, 0.2) is 0 Å². The molecule has 2 nitrogen and oxygen atoms in total. The Labute approximate surface area is 305 Å². The van der Waals surface area contributed by atoms with Gasteiger partial charge in [-0.3, -0.25) is 0 Å². The van der Waals surface area contributed by atoms with Crippen LogP contribution in [0.5, 0.6) is 0 Å². The molecule has 0 amide bonds. The molecule has 4 heteroatoms. The number of benzene rings is 9. The minimum atomic E-state index is -3.74. The maximum Gasteiger partial charge on any atom is 0.244 e. The van der Waals surface area contributed by atoms with Crippen LogP contribution in [0.15, 0.2) is 198 Å². The van der Waals surface area contributed by atoms with E-state index in [4.69, 9.17) is 1.37 Å². The molecule has 1 aliphatic heterocycles. The second-order valence-corrected chi connectivity index (χ2v) is 15.5. The first-order chi connectivity index (χ1) is 25.9. The molecule has 0 spiro atoms. The summed E-state index contributed by atoms with van der Waals surface area (Å²) in [5.74, 6) is 0. The van der Waals surface area contributed by atoms with Crippen molar-refractivity contribution in [2.45, 2.75) is 9.79 Å². The van der Waals surface area contributed by atoms with Crippen LogP contribution in [0, 0.1) is 0 Å². The molecule has 10 rings (SSSR count). The van der Waals surface area contributed by atoms with Gasteiger partial charge in [-0.15, -0.1) is 0 Å². The van der Waals surface area contributed by atoms with Crippen molar-refractivity contribution in [3.63, 3.8) is 0 Å². The number of fused-ring (bicyclic) bond motifs is 8. The van der Waals surface area contributed by atoms with Gasteiger partial charge in [0.1, 0.15) is 0 Å². The van der Waals surface area contributed by atoms with Gasteiger partial charge in [-0.05, 0) is 107 Å². The maximum atomic E-state index is 14.2. The lowest BCUT2D eigenvalue weighted by Gasteiger charge is -2.27. The highest BCUT2D eigenvalue weighted by atomic mass is 32.2. The van der Waals surface area contributed by atoms with Crippen molar-refractivity contribution in [1.82, 2.24) is 0 Å². The highest BCUT2D eigenvalue weighted by Crippen LogP contribution is 2.38. The average Bonchev–Trinajstić information content (AvgIpc) is 3.21. The zero-order valence-electron chi connectivity index (χ0n) is 29.1. The fraction of sp³-hybridized carbons (Fsp3) is 0. The SMILES string of the molecule is [2H]c1cc(-c2cccc(-c3ccc4c(c3)S(=O)(=O)c3ccccc3B4c3ccccc3)c2)cc(-c2ccc3c4ccccc4c4ccccc4c3c2)c1. The Morgan fingerprint density at radius 2 is 0.846 bits per heavy atom. The third-order valence-corrected chi connectivity index (χ3v) is 12.5. The van der Waals surface area contributed by atoms with Crippen LogP contribution in [0.4, 0.5) is 0 Å². The first-order valence-corrected chi connectivity index (χ1v) is 19.0. The lowest BCUT2D eigenvalue weighted by Crippen LogP contribution is -2.57. The number of hydrogen-bond donors (Lipinski definition) is 0. The molecule has 0 bridgehead atoms. The number of hydrogen-bond acceptors (Lipinski definition) is 2. The zero-order chi connectivity index (χ0) is 35.7. The summed E-state index contributed by atoms with van der Waals surface area (Å²) < 4.78 is 37.1. The van der Waals surface area contributed by atoms with Crippen LogP contribution in [0.1, 0.15) is 1.37 Å². The molecule has 9 aromatic carbocycles. The molecule has 0 aromatic heterocycles. The molecule has 1 aliphatic rings. The van der Waals surface area contributed by atoms with Crippen molar-refractivity contribution in [3.05, 3.63) is 188 Å². The van der Waals surface area contributed by atoms with E-state index in [-0.39, 0.29) is 6.71 Å². The molecule has 0 saturated heterocycles. The van der Waals surface area contributed by atoms with Crippen molar-refractivity contribution in [3.8, 4) is 33.4 Å². The van der Waals surface area contributed by atoms with Crippen LogP contribution >= 0.6 is 0 Å². The summed E-state index contributed by atoms with van der Waals surface area (Å²) in [4.78, 5) is 0.710. The van der Waals surface area contributed by atoms with Gasteiger partial charge in [-0.1, -0.05) is 163 Å². The summed E-state index contributed by atoms with van der Waals surface area (Å²) in [6, 6.07) is 61.7. The largest absolute Gasteiger partial charge is 0.244 e. The molecule has 0 aliphatic carbocycles. The third kappa shape index (κ3) is 4.83. The van der Waals surface area contributed by atoms with Crippen LogP contribution in [-0.4, -0.2) is 15.1 Å². The molecule has 52 heavy (non-hydrogen) atoms. The quantitative estimate of drug-likeness (QED) is 0.137. The summed E-state index contributed by atoms with van der Waals surface area (Å²) >= 11 is 0. The molecule has 0 atom stereocenters. The van der Waals surface area contributed by atoms with Crippen molar-refractivity contribution in [2.75, 3.05) is 0 Å². The number of rotatable bonds is 4. The first-order valence-electron chi connectivity index (χ1n) is 18.0. The molecule has 0 N–H and O–H groups in total. The van der Waals surface area contributed by atoms with E-state index in [1.807, 2.05) is 72.8 Å². The van der Waals surface area contributed by atoms with Gasteiger partial charge in [-0.25, -0.2) is 8.42 Å². The van der Waals surface area contributed by atoms with E-state index in [1.54, 1.807) is 12.1 Å². The van der Waals surface area contributed by atoms with E-state index < -0.39 is 9.84 Å². The molecular formula is C48H31BO2S. The molecule has 244 valence electrons. The standard InChI is InChI=1S/C48H31BO2S/c50-52(51)47-23-9-8-22-45(47)49(38-16-2-1-3-17-38)46-27-25-37(31-48(46)52)35-15-11-13-33(29-35)32-12-10-14-34(28-32)36-24-26-43-41-20-5-4-18-39(41)40-19-6-7-21-42(40)44(43)30-36/h1-31H/i10D. The molecule has 1 heterocycles.